The lowest BCUT2D eigenvalue weighted by Gasteiger charge is -2.34. The molecule has 0 bridgehead atoms. The number of nitrogens with one attached hydrogen (secondary N) is 1. The largest absolute Gasteiger partial charge is 0.317 e. The second-order valence-electron chi connectivity index (χ2n) is 6.27. The van der Waals surface area contributed by atoms with Crippen molar-refractivity contribution in [2.45, 2.75) is 51.6 Å². The Bertz CT molecular complexity index is 405. The molecule has 1 aromatic heterocycles. The molecule has 0 radical (unpaired) electrons. The van der Waals surface area contributed by atoms with Crippen molar-refractivity contribution in [3.8, 4) is 0 Å². The maximum absolute atomic E-state index is 3.48. The van der Waals surface area contributed by atoms with E-state index in [0.717, 1.165) is 12.0 Å². The van der Waals surface area contributed by atoms with Crippen molar-refractivity contribution < 1.29 is 0 Å². The van der Waals surface area contributed by atoms with Crippen LogP contribution in [-0.4, -0.2) is 30.6 Å². The molecule has 1 aliphatic carbocycles. The van der Waals surface area contributed by atoms with Gasteiger partial charge in [0.1, 0.15) is 0 Å². The van der Waals surface area contributed by atoms with Crippen molar-refractivity contribution in [2.75, 3.05) is 19.6 Å². The zero-order chi connectivity index (χ0) is 13.2. The fraction of sp³-hybridized carbons (Fsp3) is 0.750. The molecule has 0 spiro atoms. The smallest absolute Gasteiger partial charge is 0.0419 e. The first-order valence-corrected chi connectivity index (χ1v) is 8.64. The van der Waals surface area contributed by atoms with Crippen LogP contribution in [0.5, 0.6) is 0 Å². The third-order valence-electron chi connectivity index (χ3n) is 4.72. The van der Waals surface area contributed by atoms with Crippen molar-refractivity contribution in [2.24, 2.45) is 5.92 Å². The van der Waals surface area contributed by atoms with Crippen LogP contribution < -0.4 is 5.32 Å². The molecule has 2 heterocycles. The van der Waals surface area contributed by atoms with Crippen LogP contribution in [0.4, 0.5) is 0 Å². The highest BCUT2D eigenvalue weighted by atomic mass is 32.1. The molecular weight excluding hydrogens is 252 g/mol. The number of rotatable bonds is 5. The average Bonchev–Trinajstić information content (AvgIpc) is 3.18. The normalized spacial score (nSPS) is 22.9. The molecule has 1 aromatic rings. The lowest BCUT2D eigenvalue weighted by Crippen LogP contribution is -2.38. The van der Waals surface area contributed by atoms with Gasteiger partial charge in [0.25, 0.3) is 0 Å². The standard InChI is InChI=1S/C16H26N2S/c1-12-7-10-19-16(12)13(2)18(15-3-4-15)11-14-5-8-17-9-6-14/h7,10,13-15,17H,3-6,8-9,11H2,1-2H3. The van der Waals surface area contributed by atoms with E-state index in [-0.39, 0.29) is 0 Å². The van der Waals surface area contributed by atoms with E-state index in [9.17, 15) is 0 Å². The monoisotopic (exact) mass is 278 g/mol. The zero-order valence-corrected chi connectivity index (χ0v) is 13.0. The Balaban J connectivity index is 1.68. The first-order chi connectivity index (χ1) is 9.25. The molecule has 1 aliphatic heterocycles. The quantitative estimate of drug-likeness (QED) is 0.885. The molecule has 2 aliphatic rings. The van der Waals surface area contributed by atoms with Gasteiger partial charge in [-0.1, -0.05) is 0 Å². The first-order valence-electron chi connectivity index (χ1n) is 7.76. The van der Waals surface area contributed by atoms with Crippen LogP contribution in [0.1, 0.15) is 49.1 Å². The Morgan fingerprint density at radius 2 is 2.05 bits per heavy atom. The second-order valence-corrected chi connectivity index (χ2v) is 7.21. The fourth-order valence-electron chi connectivity index (χ4n) is 3.36. The lowest BCUT2D eigenvalue weighted by atomic mass is 9.96. The summed E-state index contributed by atoms with van der Waals surface area (Å²) in [5.41, 5.74) is 1.48. The molecular formula is C16H26N2S. The van der Waals surface area contributed by atoms with Gasteiger partial charge in [0.05, 0.1) is 0 Å². The van der Waals surface area contributed by atoms with Gasteiger partial charge in [-0.3, -0.25) is 4.90 Å². The summed E-state index contributed by atoms with van der Waals surface area (Å²) in [5, 5.41) is 5.73. The van der Waals surface area contributed by atoms with Gasteiger partial charge in [-0.25, -0.2) is 0 Å². The number of piperidine rings is 1. The van der Waals surface area contributed by atoms with Crippen LogP contribution in [0.3, 0.4) is 0 Å². The number of thiophene rings is 1. The molecule has 3 rings (SSSR count). The summed E-state index contributed by atoms with van der Waals surface area (Å²) in [6.07, 6.45) is 5.55. The van der Waals surface area contributed by atoms with Crippen LogP contribution in [0.25, 0.3) is 0 Å². The Morgan fingerprint density at radius 3 is 2.63 bits per heavy atom. The molecule has 1 saturated carbocycles. The lowest BCUT2D eigenvalue weighted by molar-refractivity contribution is 0.153. The topological polar surface area (TPSA) is 15.3 Å². The molecule has 0 aromatic carbocycles. The van der Waals surface area contributed by atoms with Gasteiger partial charge in [-0.2, -0.15) is 0 Å². The first kappa shape index (κ1) is 13.6. The van der Waals surface area contributed by atoms with Gasteiger partial charge in [0.2, 0.25) is 0 Å². The number of hydrogen-bond acceptors (Lipinski definition) is 3. The minimum absolute atomic E-state index is 0.613. The molecule has 19 heavy (non-hydrogen) atoms. The van der Waals surface area contributed by atoms with Crippen LogP contribution in [-0.2, 0) is 0 Å². The van der Waals surface area contributed by atoms with E-state index in [1.807, 2.05) is 11.3 Å². The number of hydrogen-bond donors (Lipinski definition) is 1. The third-order valence-corrected chi connectivity index (χ3v) is 5.91. The summed E-state index contributed by atoms with van der Waals surface area (Å²) in [7, 11) is 0. The Kier molecular flexibility index (Phi) is 4.25. The van der Waals surface area contributed by atoms with Crippen LogP contribution in [0.2, 0.25) is 0 Å². The molecule has 106 valence electrons. The summed E-state index contributed by atoms with van der Waals surface area (Å²) < 4.78 is 0. The van der Waals surface area contributed by atoms with Crippen LogP contribution in [0, 0.1) is 12.8 Å². The average molecular weight is 278 g/mol. The van der Waals surface area contributed by atoms with Gasteiger partial charge in [-0.05, 0) is 75.5 Å². The molecule has 3 heteroatoms. The second kappa shape index (κ2) is 5.94. The zero-order valence-electron chi connectivity index (χ0n) is 12.2. The summed E-state index contributed by atoms with van der Waals surface area (Å²) in [6, 6.07) is 3.75. The van der Waals surface area contributed by atoms with Gasteiger partial charge in [0.15, 0.2) is 0 Å². The molecule has 1 N–H and O–H groups in total. The molecule has 2 nitrogen and oxygen atoms in total. The van der Waals surface area contributed by atoms with Crippen molar-refractivity contribution in [3.05, 3.63) is 21.9 Å². The van der Waals surface area contributed by atoms with Crippen molar-refractivity contribution in [3.63, 3.8) is 0 Å². The van der Waals surface area contributed by atoms with E-state index >= 15 is 0 Å². The molecule has 1 unspecified atom stereocenters. The Labute approximate surface area is 121 Å². The van der Waals surface area contributed by atoms with E-state index in [2.05, 4.69) is 35.5 Å². The number of aryl methyl sites for hydroxylation is 1. The van der Waals surface area contributed by atoms with E-state index < -0.39 is 0 Å². The van der Waals surface area contributed by atoms with Crippen LogP contribution in [0.15, 0.2) is 11.4 Å². The highest BCUT2D eigenvalue weighted by molar-refractivity contribution is 7.10. The molecule has 1 saturated heterocycles. The fourth-order valence-corrected chi connectivity index (χ4v) is 4.36. The Hall–Kier alpha value is -0.380. The van der Waals surface area contributed by atoms with Gasteiger partial charge >= 0.3 is 0 Å². The van der Waals surface area contributed by atoms with Crippen molar-refractivity contribution in [1.29, 1.82) is 0 Å². The molecule has 1 atom stereocenters. The van der Waals surface area contributed by atoms with Gasteiger partial charge < -0.3 is 5.32 Å². The Morgan fingerprint density at radius 1 is 1.32 bits per heavy atom. The predicted molar refractivity (Wildman–Crippen MR) is 82.8 cm³/mol. The van der Waals surface area contributed by atoms with Crippen molar-refractivity contribution in [1.82, 2.24) is 10.2 Å². The van der Waals surface area contributed by atoms with Gasteiger partial charge in [0, 0.05) is 23.5 Å². The summed E-state index contributed by atoms with van der Waals surface area (Å²) in [4.78, 5) is 4.38. The minimum atomic E-state index is 0.613. The van der Waals surface area contributed by atoms with Crippen LogP contribution >= 0.6 is 11.3 Å². The minimum Gasteiger partial charge on any atom is -0.317 e. The summed E-state index contributed by atoms with van der Waals surface area (Å²) in [6.45, 7) is 8.42. The highest BCUT2D eigenvalue weighted by Gasteiger charge is 2.35. The van der Waals surface area contributed by atoms with Gasteiger partial charge in [-0.15, -0.1) is 11.3 Å². The van der Waals surface area contributed by atoms with E-state index in [4.69, 9.17) is 0 Å². The maximum Gasteiger partial charge on any atom is 0.0419 e. The SMILES string of the molecule is Cc1ccsc1C(C)N(CC1CCNCC1)C1CC1. The molecule has 2 fully saturated rings. The van der Waals surface area contributed by atoms with E-state index in [1.54, 1.807) is 4.88 Å². The highest BCUT2D eigenvalue weighted by Crippen LogP contribution is 2.38. The summed E-state index contributed by atoms with van der Waals surface area (Å²) >= 11 is 1.94. The predicted octanol–water partition coefficient (Wildman–Crippen LogP) is 3.58. The third kappa shape index (κ3) is 3.21. The molecule has 0 amide bonds. The van der Waals surface area contributed by atoms with E-state index in [1.165, 1.54) is 50.9 Å². The van der Waals surface area contributed by atoms with E-state index in [0.29, 0.717) is 6.04 Å². The number of nitrogens with zero attached hydrogens (tertiary/aromatic N) is 1. The maximum atomic E-state index is 3.48. The summed E-state index contributed by atoms with van der Waals surface area (Å²) in [5.74, 6) is 0.907. The van der Waals surface area contributed by atoms with Crippen molar-refractivity contribution >= 4 is 11.3 Å².